The Morgan fingerprint density at radius 2 is 1.43 bits per heavy atom. The van der Waals surface area contributed by atoms with E-state index in [9.17, 15) is 0 Å². The van der Waals surface area contributed by atoms with Crippen LogP contribution in [0.25, 0.3) is 0 Å². The fourth-order valence-corrected chi connectivity index (χ4v) is 14.9. The first-order valence-corrected chi connectivity index (χ1v) is 14.5. The van der Waals surface area contributed by atoms with Crippen molar-refractivity contribution in [3.8, 4) is 0 Å². The second kappa shape index (κ2) is 11.1. The molecule has 0 amide bonds. The quantitative estimate of drug-likeness (QED) is 0.236. The van der Waals surface area contributed by atoms with Crippen LogP contribution in [0, 0.1) is 0 Å². The van der Waals surface area contributed by atoms with Gasteiger partial charge in [-0.3, -0.25) is 0 Å². The van der Waals surface area contributed by atoms with Crippen LogP contribution in [0.15, 0.2) is 43.0 Å². The molecule has 1 aromatic rings. The molecule has 0 spiro atoms. The van der Waals surface area contributed by atoms with Crippen molar-refractivity contribution in [1.29, 1.82) is 0 Å². The minimum atomic E-state index is -1.90. The Hall–Kier alpha value is -0.497. The molecule has 1 aromatic carbocycles. The topological polar surface area (TPSA) is 0 Å². The van der Waals surface area contributed by atoms with Crippen LogP contribution in [0.4, 0.5) is 0 Å². The van der Waals surface area contributed by atoms with E-state index in [2.05, 4.69) is 56.8 Å². The van der Waals surface area contributed by atoms with E-state index in [0.717, 1.165) is 0 Å². The van der Waals surface area contributed by atoms with Crippen molar-refractivity contribution >= 4 is 17.7 Å². The Bertz CT molecular complexity index is 361. The summed E-state index contributed by atoms with van der Waals surface area (Å²) in [5, 5.41) is 4.60. The Kier molecular flexibility index (Phi) is 9.82. The summed E-state index contributed by atoms with van der Waals surface area (Å²) < 4.78 is 1.76. The van der Waals surface area contributed by atoms with Gasteiger partial charge in [0, 0.05) is 0 Å². The SMILES string of the molecule is C=CCCC[CH2][Ge]([CH2]CCC)([CH2]CCC)[c]1ccccc1. The molecule has 0 aromatic heterocycles. The van der Waals surface area contributed by atoms with E-state index in [1.165, 1.54) is 60.7 Å². The van der Waals surface area contributed by atoms with Gasteiger partial charge in [-0.25, -0.2) is 0 Å². The number of allylic oxidation sites excluding steroid dienone is 1. The van der Waals surface area contributed by atoms with E-state index in [1.807, 2.05) is 0 Å². The zero-order valence-corrected chi connectivity index (χ0v) is 16.3. The molecule has 0 unspecified atom stereocenters. The summed E-state index contributed by atoms with van der Waals surface area (Å²) in [6.45, 7) is 8.55. The summed E-state index contributed by atoms with van der Waals surface area (Å²) in [4.78, 5) is 0. The summed E-state index contributed by atoms with van der Waals surface area (Å²) in [6.07, 6.45) is 11.6. The van der Waals surface area contributed by atoms with Crippen LogP contribution in [0.1, 0.15) is 58.8 Å². The van der Waals surface area contributed by atoms with Gasteiger partial charge in [0.05, 0.1) is 0 Å². The van der Waals surface area contributed by atoms with Crippen LogP contribution in [0.2, 0.25) is 15.8 Å². The molecule has 0 aliphatic heterocycles. The molecule has 0 aliphatic carbocycles. The zero-order valence-electron chi connectivity index (χ0n) is 14.2. The fourth-order valence-electron chi connectivity index (χ4n) is 3.38. The van der Waals surface area contributed by atoms with Crippen molar-refractivity contribution in [2.75, 3.05) is 0 Å². The van der Waals surface area contributed by atoms with E-state index in [1.54, 1.807) is 4.40 Å². The van der Waals surface area contributed by atoms with Gasteiger partial charge >= 0.3 is 135 Å². The average Bonchev–Trinajstić information content (AvgIpc) is 2.54. The molecule has 1 rings (SSSR count). The second-order valence-electron chi connectivity index (χ2n) is 6.39. The summed E-state index contributed by atoms with van der Waals surface area (Å²) >= 11 is -1.90. The van der Waals surface area contributed by atoms with E-state index < -0.39 is 13.3 Å². The molecule has 0 nitrogen and oxygen atoms in total. The molecule has 0 bridgehead atoms. The van der Waals surface area contributed by atoms with Crippen molar-refractivity contribution in [2.45, 2.75) is 74.6 Å². The molecule has 0 saturated carbocycles. The molecule has 0 N–H and O–H groups in total. The molecule has 0 radical (unpaired) electrons. The predicted octanol–water partition coefficient (Wildman–Crippen LogP) is 6.30. The van der Waals surface area contributed by atoms with Gasteiger partial charge in [-0.2, -0.15) is 0 Å². The Balaban J connectivity index is 2.87. The maximum absolute atomic E-state index is 3.87. The van der Waals surface area contributed by atoms with Crippen LogP contribution in [-0.4, -0.2) is 13.3 Å². The van der Waals surface area contributed by atoms with Gasteiger partial charge in [0.1, 0.15) is 0 Å². The van der Waals surface area contributed by atoms with Gasteiger partial charge in [-0.15, -0.1) is 0 Å². The first-order valence-electron chi connectivity index (χ1n) is 8.95. The van der Waals surface area contributed by atoms with Gasteiger partial charge in [0.25, 0.3) is 0 Å². The van der Waals surface area contributed by atoms with Crippen molar-refractivity contribution in [3.05, 3.63) is 43.0 Å². The molecular formula is C20H34Ge. The van der Waals surface area contributed by atoms with Crippen LogP contribution in [-0.2, 0) is 0 Å². The summed E-state index contributed by atoms with van der Waals surface area (Å²) in [7, 11) is 0. The summed E-state index contributed by atoms with van der Waals surface area (Å²) in [5.74, 6) is 0. The normalized spacial score (nSPS) is 11.5. The molecular weight excluding hydrogens is 313 g/mol. The third kappa shape index (κ3) is 6.42. The second-order valence-corrected chi connectivity index (χ2v) is 16.1. The Morgan fingerprint density at radius 1 is 0.857 bits per heavy atom. The van der Waals surface area contributed by atoms with Crippen LogP contribution >= 0.6 is 0 Å². The van der Waals surface area contributed by atoms with E-state index in [4.69, 9.17) is 0 Å². The van der Waals surface area contributed by atoms with Crippen molar-refractivity contribution in [1.82, 2.24) is 0 Å². The first kappa shape index (κ1) is 18.6. The maximum atomic E-state index is 3.87. The third-order valence-corrected chi connectivity index (χ3v) is 16.2. The Morgan fingerprint density at radius 3 is 1.95 bits per heavy atom. The number of benzene rings is 1. The number of unbranched alkanes of at least 4 members (excludes halogenated alkanes) is 4. The van der Waals surface area contributed by atoms with Gasteiger partial charge < -0.3 is 0 Å². The fraction of sp³-hybridized carbons (Fsp3) is 0.600. The van der Waals surface area contributed by atoms with Crippen LogP contribution in [0.3, 0.4) is 0 Å². The molecule has 21 heavy (non-hydrogen) atoms. The summed E-state index contributed by atoms with van der Waals surface area (Å²) in [6, 6.07) is 11.6. The number of rotatable bonds is 12. The molecule has 0 fully saturated rings. The van der Waals surface area contributed by atoms with E-state index in [0.29, 0.717) is 0 Å². The average molecular weight is 347 g/mol. The van der Waals surface area contributed by atoms with E-state index >= 15 is 0 Å². The molecule has 0 heterocycles. The first-order chi connectivity index (χ1) is 10.3. The van der Waals surface area contributed by atoms with Crippen LogP contribution < -0.4 is 4.40 Å². The molecule has 118 valence electrons. The Labute approximate surface area is 135 Å². The standard InChI is InChI=1S/C20H34Ge/c1-4-7-10-14-19-21(17-8-5-2,18-9-6-3)20-15-12-11-13-16-20/h4,11-13,15-16H,1,5-10,14,17-19H2,2-3H3. The van der Waals surface area contributed by atoms with Gasteiger partial charge in [-0.1, -0.05) is 0 Å². The molecule has 0 saturated heterocycles. The number of hydrogen-bond acceptors (Lipinski definition) is 0. The van der Waals surface area contributed by atoms with Crippen molar-refractivity contribution in [3.63, 3.8) is 0 Å². The third-order valence-electron chi connectivity index (χ3n) is 4.72. The monoisotopic (exact) mass is 348 g/mol. The van der Waals surface area contributed by atoms with Crippen molar-refractivity contribution < 1.29 is 0 Å². The predicted molar refractivity (Wildman–Crippen MR) is 100 cm³/mol. The van der Waals surface area contributed by atoms with Gasteiger partial charge in [0.15, 0.2) is 0 Å². The summed E-state index contributed by atoms with van der Waals surface area (Å²) in [5.41, 5.74) is 0. The van der Waals surface area contributed by atoms with Gasteiger partial charge in [0.2, 0.25) is 0 Å². The van der Waals surface area contributed by atoms with Gasteiger partial charge in [-0.05, 0) is 0 Å². The molecule has 0 atom stereocenters. The minimum absolute atomic E-state index is 1.19. The van der Waals surface area contributed by atoms with Crippen molar-refractivity contribution in [2.24, 2.45) is 0 Å². The van der Waals surface area contributed by atoms with Crippen LogP contribution in [0.5, 0.6) is 0 Å². The van der Waals surface area contributed by atoms with E-state index in [-0.39, 0.29) is 0 Å². The molecule has 0 aliphatic rings. The molecule has 1 heteroatoms. The number of hydrogen-bond donors (Lipinski definition) is 0. The zero-order chi connectivity index (χ0) is 15.4.